The van der Waals surface area contributed by atoms with Crippen LogP contribution in [-0.4, -0.2) is 41.6 Å². The third-order valence-electron chi connectivity index (χ3n) is 5.86. The molecule has 0 atom stereocenters. The normalized spacial score (nSPS) is 15.4. The van der Waals surface area contributed by atoms with Crippen LogP contribution in [0.1, 0.15) is 37.9 Å². The standard InChI is InChI=1S/C21H24F2N8/c1-12-25-16-8-7-15(27-20(16)30(12)11-17(22)23)14-9-10-31-18(14)19(24)28-21(29-31)26-13-5-3-2-4-6-13/h7-10,13,17H,2-6,11H2,1H3,(H3,24,26,28,29). The molecule has 0 aromatic carbocycles. The first-order valence-corrected chi connectivity index (χ1v) is 10.5. The number of nitrogens with zero attached hydrogens (tertiary/aromatic N) is 6. The molecule has 0 amide bonds. The largest absolute Gasteiger partial charge is 0.382 e. The molecular weight excluding hydrogens is 402 g/mol. The van der Waals surface area contributed by atoms with E-state index in [-0.39, 0.29) is 0 Å². The zero-order valence-corrected chi connectivity index (χ0v) is 17.2. The van der Waals surface area contributed by atoms with Crippen LogP contribution in [0.2, 0.25) is 0 Å². The Morgan fingerprint density at radius 2 is 1.94 bits per heavy atom. The highest BCUT2D eigenvalue weighted by Crippen LogP contribution is 2.30. The summed E-state index contributed by atoms with van der Waals surface area (Å²) in [6.07, 6.45) is 5.21. The molecule has 1 fully saturated rings. The lowest BCUT2D eigenvalue weighted by molar-refractivity contribution is 0.127. The van der Waals surface area contributed by atoms with E-state index in [0.29, 0.717) is 46.0 Å². The number of rotatable bonds is 5. The van der Waals surface area contributed by atoms with Gasteiger partial charge in [0.15, 0.2) is 11.5 Å². The van der Waals surface area contributed by atoms with Crippen molar-refractivity contribution >= 4 is 28.4 Å². The quantitative estimate of drug-likeness (QED) is 0.500. The molecule has 0 bridgehead atoms. The number of aromatic nitrogens is 6. The number of fused-ring (bicyclic) bond motifs is 2. The van der Waals surface area contributed by atoms with Crippen molar-refractivity contribution in [3.8, 4) is 11.3 Å². The number of hydrogen-bond acceptors (Lipinski definition) is 6. The van der Waals surface area contributed by atoms with Crippen LogP contribution >= 0.6 is 0 Å². The Morgan fingerprint density at radius 3 is 2.71 bits per heavy atom. The van der Waals surface area contributed by atoms with Gasteiger partial charge in [0.1, 0.15) is 16.9 Å². The molecule has 31 heavy (non-hydrogen) atoms. The van der Waals surface area contributed by atoms with Gasteiger partial charge in [0, 0.05) is 17.8 Å². The molecule has 1 saturated carbocycles. The summed E-state index contributed by atoms with van der Waals surface area (Å²) in [5, 5.41) is 7.96. The van der Waals surface area contributed by atoms with E-state index in [1.54, 1.807) is 17.5 Å². The van der Waals surface area contributed by atoms with E-state index in [1.807, 2.05) is 18.3 Å². The molecule has 0 unspecified atom stereocenters. The van der Waals surface area contributed by atoms with Gasteiger partial charge in [0.25, 0.3) is 6.43 Å². The molecule has 0 saturated heterocycles. The number of nitrogens with two attached hydrogens (primary N) is 1. The number of nitrogens with one attached hydrogen (secondary N) is 1. The minimum atomic E-state index is -2.49. The Balaban J connectivity index is 1.53. The molecule has 8 nitrogen and oxygen atoms in total. The van der Waals surface area contributed by atoms with Crippen LogP contribution in [-0.2, 0) is 6.54 Å². The number of imidazole rings is 1. The van der Waals surface area contributed by atoms with Gasteiger partial charge in [-0.15, -0.1) is 5.10 Å². The molecule has 3 N–H and O–H groups in total. The minimum Gasteiger partial charge on any atom is -0.382 e. The Hall–Kier alpha value is -3.30. The van der Waals surface area contributed by atoms with Crippen LogP contribution in [0.4, 0.5) is 20.5 Å². The van der Waals surface area contributed by atoms with E-state index in [2.05, 4.69) is 25.4 Å². The number of nitrogen functional groups attached to an aromatic ring is 1. The molecule has 4 aromatic rings. The van der Waals surface area contributed by atoms with Crippen LogP contribution in [0.25, 0.3) is 27.9 Å². The topological polar surface area (TPSA) is 98.9 Å². The Bertz CT molecular complexity index is 1240. The van der Waals surface area contributed by atoms with Gasteiger partial charge >= 0.3 is 0 Å². The Morgan fingerprint density at radius 1 is 1.13 bits per heavy atom. The SMILES string of the molecule is Cc1nc2ccc(-c3ccn4nc(NC5CCCCC5)nc(N)c34)nc2n1CC(F)F. The summed E-state index contributed by atoms with van der Waals surface area (Å²) in [5.74, 6) is 1.35. The van der Waals surface area contributed by atoms with Crippen molar-refractivity contribution in [3.63, 3.8) is 0 Å². The number of halogens is 2. The van der Waals surface area contributed by atoms with Gasteiger partial charge in [-0.2, -0.15) is 4.98 Å². The Labute approximate surface area is 177 Å². The zero-order valence-electron chi connectivity index (χ0n) is 17.2. The minimum absolute atomic E-state index is 0.340. The first-order valence-electron chi connectivity index (χ1n) is 10.5. The fraction of sp³-hybridized carbons (Fsp3) is 0.429. The number of anilines is 2. The second kappa shape index (κ2) is 7.75. The average Bonchev–Trinajstić information content (AvgIpc) is 3.30. The van der Waals surface area contributed by atoms with E-state index < -0.39 is 13.0 Å². The van der Waals surface area contributed by atoms with Crippen molar-refractivity contribution < 1.29 is 8.78 Å². The molecule has 10 heteroatoms. The fourth-order valence-corrected chi connectivity index (χ4v) is 4.37. The van der Waals surface area contributed by atoms with E-state index in [4.69, 9.17) is 5.73 Å². The smallest absolute Gasteiger partial charge is 0.256 e. The highest BCUT2D eigenvalue weighted by atomic mass is 19.3. The molecule has 4 heterocycles. The molecule has 1 aliphatic carbocycles. The lowest BCUT2D eigenvalue weighted by Crippen LogP contribution is -2.24. The van der Waals surface area contributed by atoms with Crippen molar-refractivity contribution in [3.05, 3.63) is 30.2 Å². The molecule has 4 aromatic heterocycles. The van der Waals surface area contributed by atoms with Gasteiger partial charge < -0.3 is 15.6 Å². The van der Waals surface area contributed by atoms with Gasteiger partial charge in [0.05, 0.1) is 12.2 Å². The highest BCUT2D eigenvalue weighted by Gasteiger charge is 2.19. The van der Waals surface area contributed by atoms with Crippen molar-refractivity contribution in [1.82, 2.24) is 29.1 Å². The summed E-state index contributed by atoms with van der Waals surface area (Å²) in [4.78, 5) is 13.4. The third kappa shape index (κ3) is 3.66. The first-order chi connectivity index (χ1) is 15.0. The highest BCUT2D eigenvalue weighted by molar-refractivity contribution is 5.88. The van der Waals surface area contributed by atoms with Crippen LogP contribution in [0, 0.1) is 6.92 Å². The summed E-state index contributed by atoms with van der Waals surface area (Å²) >= 11 is 0. The van der Waals surface area contributed by atoms with Crippen LogP contribution in [0.15, 0.2) is 24.4 Å². The number of alkyl halides is 2. The van der Waals surface area contributed by atoms with Gasteiger partial charge in [0.2, 0.25) is 5.95 Å². The van der Waals surface area contributed by atoms with Crippen molar-refractivity contribution in [1.29, 1.82) is 0 Å². The lowest BCUT2D eigenvalue weighted by Gasteiger charge is -2.22. The number of pyridine rings is 1. The second-order valence-corrected chi connectivity index (χ2v) is 8.02. The van der Waals surface area contributed by atoms with E-state index in [0.717, 1.165) is 18.4 Å². The number of aryl methyl sites for hydroxylation is 1. The summed E-state index contributed by atoms with van der Waals surface area (Å²) in [5.41, 5.74) is 9.28. The summed E-state index contributed by atoms with van der Waals surface area (Å²) in [7, 11) is 0. The fourth-order valence-electron chi connectivity index (χ4n) is 4.37. The van der Waals surface area contributed by atoms with Crippen molar-refractivity contribution in [2.24, 2.45) is 0 Å². The molecule has 162 valence electrons. The zero-order chi connectivity index (χ0) is 21.5. The predicted molar refractivity (Wildman–Crippen MR) is 115 cm³/mol. The Kier molecular flexibility index (Phi) is 4.91. The van der Waals surface area contributed by atoms with E-state index >= 15 is 0 Å². The van der Waals surface area contributed by atoms with Gasteiger partial charge in [-0.05, 0) is 38.0 Å². The maximum atomic E-state index is 13.0. The van der Waals surface area contributed by atoms with Crippen LogP contribution in [0.5, 0.6) is 0 Å². The molecule has 1 aliphatic rings. The van der Waals surface area contributed by atoms with Crippen molar-refractivity contribution in [2.45, 2.75) is 58.0 Å². The monoisotopic (exact) mass is 426 g/mol. The maximum Gasteiger partial charge on any atom is 0.256 e. The predicted octanol–water partition coefficient (Wildman–Crippen LogP) is 4.04. The van der Waals surface area contributed by atoms with Gasteiger partial charge in [-0.25, -0.2) is 23.3 Å². The third-order valence-corrected chi connectivity index (χ3v) is 5.86. The summed E-state index contributed by atoms with van der Waals surface area (Å²) in [6, 6.07) is 5.82. The van der Waals surface area contributed by atoms with Crippen LogP contribution in [0.3, 0.4) is 0 Å². The van der Waals surface area contributed by atoms with E-state index in [1.165, 1.54) is 23.8 Å². The molecule has 5 rings (SSSR count). The molecule has 0 aliphatic heterocycles. The average molecular weight is 426 g/mol. The molecule has 0 radical (unpaired) electrons. The second-order valence-electron chi connectivity index (χ2n) is 8.02. The lowest BCUT2D eigenvalue weighted by atomic mass is 9.96. The molecular formula is C21H24F2N8. The maximum absolute atomic E-state index is 13.0. The van der Waals surface area contributed by atoms with Gasteiger partial charge in [-0.3, -0.25) is 0 Å². The van der Waals surface area contributed by atoms with E-state index in [9.17, 15) is 8.78 Å². The van der Waals surface area contributed by atoms with Crippen LogP contribution < -0.4 is 11.1 Å². The van der Waals surface area contributed by atoms with Crippen molar-refractivity contribution in [2.75, 3.05) is 11.1 Å². The number of hydrogen-bond donors (Lipinski definition) is 2. The summed E-state index contributed by atoms with van der Waals surface area (Å²) in [6.45, 7) is 1.25. The van der Waals surface area contributed by atoms with Gasteiger partial charge in [-0.1, -0.05) is 19.3 Å². The summed E-state index contributed by atoms with van der Waals surface area (Å²) < 4.78 is 29.2. The first kappa shape index (κ1) is 19.7. The molecule has 0 spiro atoms.